The summed E-state index contributed by atoms with van der Waals surface area (Å²) in [5, 5.41) is 1.08. The van der Waals surface area contributed by atoms with Crippen LogP contribution in [0, 0.1) is 29.6 Å². The van der Waals surface area contributed by atoms with E-state index in [-0.39, 0.29) is 57.4 Å². The van der Waals surface area contributed by atoms with Crippen molar-refractivity contribution in [2.45, 2.75) is 22.6 Å². The SMILES string of the molecule is COc1ccccc1[C@H]1c2sc(=O)[nH]c2S[C@@H]2[C@@H]3C[C@H]([C@H]4C(=O)N(c5ccccc5)C(=O)[C@H]34)[C@@H]12. The molecule has 2 bridgehead atoms. The molecule has 0 spiro atoms. The van der Waals surface area contributed by atoms with Gasteiger partial charge in [-0.05, 0) is 42.4 Å². The van der Waals surface area contributed by atoms with Crippen LogP contribution in [0.3, 0.4) is 0 Å². The lowest BCUT2D eigenvalue weighted by atomic mass is 9.68. The zero-order valence-electron chi connectivity index (χ0n) is 18.3. The summed E-state index contributed by atoms with van der Waals surface area (Å²) in [7, 11) is 1.67. The number of aromatic amines is 1. The van der Waals surface area contributed by atoms with Gasteiger partial charge in [0.05, 0.1) is 29.7 Å². The van der Waals surface area contributed by atoms with Crippen molar-refractivity contribution >= 4 is 40.6 Å². The third-order valence-electron chi connectivity index (χ3n) is 8.21. The van der Waals surface area contributed by atoms with Crippen LogP contribution in [-0.2, 0) is 9.59 Å². The van der Waals surface area contributed by atoms with E-state index in [9.17, 15) is 14.4 Å². The van der Waals surface area contributed by atoms with Crippen molar-refractivity contribution in [3.63, 3.8) is 0 Å². The number of carbonyl (C=O) groups is 2. The van der Waals surface area contributed by atoms with Gasteiger partial charge < -0.3 is 9.72 Å². The normalized spacial score (nSPS) is 33.1. The first-order valence-electron chi connectivity index (χ1n) is 11.5. The van der Waals surface area contributed by atoms with Crippen LogP contribution in [0.25, 0.3) is 0 Å². The number of hydrogen-bond donors (Lipinski definition) is 1. The number of thioether (sulfide) groups is 1. The van der Waals surface area contributed by atoms with Gasteiger partial charge in [-0.1, -0.05) is 47.7 Å². The average Bonchev–Trinajstić information content (AvgIpc) is 3.58. The molecule has 0 radical (unpaired) electrons. The summed E-state index contributed by atoms with van der Waals surface area (Å²) in [6, 6.07) is 17.3. The van der Waals surface area contributed by atoms with Gasteiger partial charge in [0.1, 0.15) is 5.75 Å². The summed E-state index contributed by atoms with van der Waals surface area (Å²) in [6.45, 7) is 0. The number of nitrogens with one attached hydrogen (secondary N) is 1. The molecule has 7 rings (SSSR count). The van der Waals surface area contributed by atoms with Crippen LogP contribution in [0.1, 0.15) is 22.8 Å². The Morgan fingerprint density at radius 3 is 2.41 bits per heavy atom. The Hall–Kier alpha value is -2.84. The topological polar surface area (TPSA) is 79.5 Å². The number of nitrogens with zero attached hydrogens (tertiary/aromatic N) is 1. The number of aromatic nitrogens is 1. The Bertz CT molecular complexity index is 1380. The van der Waals surface area contributed by atoms with E-state index < -0.39 is 0 Å². The maximum atomic E-state index is 13.7. The molecule has 6 nitrogen and oxygen atoms in total. The molecule has 1 saturated heterocycles. The Balaban J connectivity index is 1.36. The van der Waals surface area contributed by atoms with Gasteiger partial charge in [0.15, 0.2) is 0 Å². The number of amides is 2. The molecular weight excluding hydrogens is 468 g/mol. The molecule has 2 aromatic carbocycles. The second-order valence-electron chi connectivity index (χ2n) is 9.55. The predicted octanol–water partition coefficient (Wildman–Crippen LogP) is 4.12. The van der Waals surface area contributed by atoms with E-state index in [1.807, 2.05) is 48.5 Å². The Morgan fingerprint density at radius 1 is 0.941 bits per heavy atom. The zero-order valence-corrected chi connectivity index (χ0v) is 20.0. The highest BCUT2D eigenvalue weighted by Crippen LogP contribution is 2.69. The van der Waals surface area contributed by atoms with Gasteiger partial charge >= 0.3 is 4.87 Å². The number of fused-ring (bicyclic) bond motifs is 9. The summed E-state index contributed by atoms with van der Waals surface area (Å²) in [4.78, 5) is 45.1. The summed E-state index contributed by atoms with van der Waals surface area (Å²) in [5.41, 5.74) is 1.71. The number of benzene rings is 2. The molecule has 172 valence electrons. The number of hydrogen-bond acceptors (Lipinski definition) is 6. The minimum Gasteiger partial charge on any atom is -0.496 e. The van der Waals surface area contributed by atoms with E-state index in [0.717, 1.165) is 27.6 Å². The largest absolute Gasteiger partial charge is 0.496 e. The third kappa shape index (κ3) is 2.61. The number of ether oxygens (including phenoxy) is 1. The van der Waals surface area contributed by atoms with Crippen molar-refractivity contribution < 1.29 is 14.3 Å². The number of thiazole rings is 1. The maximum Gasteiger partial charge on any atom is 0.305 e. The molecule has 7 atom stereocenters. The first-order chi connectivity index (χ1) is 16.6. The van der Waals surface area contributed by atoms with E-state index in [4.69, 9.17) is 4.74 Å². The van der Waals surface area contributed by atoms with Crippen LogP contribution in [0.4, 0.5) is 5.69 Å². The number of H-pyrrole nitrogens is 1. The van der Waals surface area contributed by atoms with E-state index in [0.29, 0.717) is 5.69 Å². The number of imide groups is 1. The van der Waals surface area contributed by atoms with Crippen LogP contribution in [0.15, 0.2) is 64.4 Å². The summed E-state index contributed by atoms with van der Waals surface area (Å²) < 4.78 is 5.73. The fraction of sp³-hybridized carbons (Fsp3) is 0.346. The lowest BCUT2D eigenvalue weighted by Gasteiger charge is -2.43. The molecule has 8 heteroatoms. The standard InChI is InChI=1S/C26H22N2O4S2/c1-32-16-10-6-5-9-13(16)17-18-14-11-15(21(18)33-23-22(17)34-26(31)27-23)20-19(14)24(29)28(25(20)30)12-7-3-2-4-8-12/h2-10,14-15,17-21H,11H2,1H3,(H,27,31)/t14-,15+,17+,18-,19+,20+,21+/m0/s1. The molecule has 2 saturated carbocycles. The van der Waals surface area contributed by atoms with Crippen LogP contribution < -0.4 is 14.5 Å². The summed E-state index contributed by atoms with van der Waals surface area (Å²) in [5.74, 6) is 0.427. The number of methoxy groups -OCH3 is 1. The molecule has 3 heterocycles. The van der Waals surface area contributed by atoms with Gasteiger partial charge in [-0.3, -0.25) is 19.3 Å². The molecular formula is C26H22N2O4S2. The molecule has 2 aliphatic carbocycles. The summed E-state index contributed by atoms with van der Waals surface area (Å²) >= 11 is 2.97. The first-order valence-corrected chi connectivity index (χ1v) is 13.2. The average molecular weight is 491 g/mol. The molecule has 2 amide bonds. The van der Waals surface area contributed by atoms with E-state index in [2.05, 4.69) is 11.1 Å². The van der Waals surface area contributed by atoms with Gasteiger partial charge in [-0.2, -0.15) is 0 Å². The molecule has 2 aliphatic heterocycles. The minimum absolute atomic E-state index is 0.0361. The van der Waals surface area contributed by atoms with Crippen LogP contribution >= 0.6 is 23.1 Å². The lowest BCUT2D eigenvalue weighted by molar-refractivity contribution is -0.123. The summed E-state index contributed by atoms with van der Waals surface area (Å²) in [6.07, 6.45) is 0.878. The second-order valence-corrected chi connectivity index (χ2v) is 11.8. The van der Waals surface area contributed by atoms with Gasteiger partial charge in [0.2, 0.25) is 11.8 Å². The van der Waals surface area contributed by atoms with Crippen molar-refractivity contribution in [3.8, 4) is 5.75 Å². The predicted molar refractivity (Wildman–Crippen MR) is 130 cm³/mol. The number of anilines is 1. The molecule has 3 aromatic rings. The Labute approximate surface area is 204 Å². The minimum atomic E-state index is -0.297. The van der Waals surface area contributed by atoms with Crippen LogP contribution in [0.2, 0.25) is 0 Å². The smallest absolute Gasteiger partial charge is 0.305 e. The monoisotopic (exact) mass is 490 g/mol. The van der Waals surface area contributed by atoms with Crippen molar-refractivity contribution in [2.75, 3.05) is 12.0 Å². The fourth-order valence-electron chi connectivity index (χ4n) is 7.12. The van der Waals surface area contributed by atoms with Crippen molar-refractivity contribution in [1.29, 1.82) is 0 Å². The molecule has 3 fully saturated rings. The molecule has 1 aromatic heterocycles. The molecule has 1 N–H and O–H groups in total. The van der Waals surface area contributed by atoms with Crippen molar-refractivity contribution in [1.82, 2.24) is 4.98 Å². The fourth-order valence-corrected chi connectivity index (χ4v) is 10.00. The molecule has 4 aliphatic rings. The van der Waals surface area contributed by atoms with Crippen LogP contribution in [-0.4, -0.2) is 29.2 Å². The molecule has 34 heavy (non-hydrogen) atoms. The van der Waals surface area contributed by atoms with Gasteiger partial charge in [0, 0.05) is 21.6 Å². The highest BCUT2D eigenvalue weighted by Gasteiger charge is 2.69. The van der Waals surface area contributed by atoms with Crippen molar-refractivity contribution in [3.05, 3.63) is 74.7 Å². The number of para-hydroxylation sites is 2. The van der Waals surface area contributed by atoms with Gasteiger partial charge in [-0.15, -0.1) is 11.8 Å². The maximum absolute atomic E-state index is 13.7. The first kappa shape index (κ1) is 20.5. The van der Waals surface area contributed by atoms with E-state index in [1.54, 1.807) is 18.9 Å². The van der Waals surface area contributed by atoms with Gasteiger partial charge in [0.25, 0.3) is 0 Å². The third-order valence-corrected chi connectivity index (χ3v) is 10.8. The lowest BCUT2D eigenvalue weighted by Crippen LogP contribution is -2.42. The molecule has 0 unspecified atom stereocenters. The van der Waals surface area contributed by atoms with Crippen molar-refractivity contribution in [2.24, 2.45) is 29.6 Å². The Morgan fingerprint density at radius 2 is 1.65 bits per heavy atom. The quantitative estimate of drug-likeness (QED) is 0.559. The zero-order chi connectivity index (χ0) is 23.1. The Kier molecular flexibility index (Phi) is 4.42. The number of rotatable bonds is 3. The van der Waals surface area contributed by atoms with E-state index >= 15 is 0 Å². The highest BCUT2D eigenvalue weighted by molar-refractivity contribution is 8.00. The number of carbonyl (C=O) groups excluding carboxylic acids is 2. The van der Waals surface area contributed by atoms with Crippen LogP contribution in [0.5, 0.6) is 5.75 Å². The second kappa shape index (κ2) is 7.33. The highest BCUT2D eigenvalue weighted by atomic mass is 32.2. The van der Waals surface area contributed by atoms with Gasteiger partial charge in [-0.25, -0.2) is 0 Å². The van der Waals surface area contributed by atoms with E-state index in [1.165, 1.54) is 16.2 Å².